The molecule has 0 unspecified atom stereocenters. The topological polar surface area (TPSA) is 30.3 Å². The molecule has 4 rings (SSSR count). The molecule has 1 aromatic heterocycles. The van der Waals surface area contributed by atoms with E-state index in [0.29, 0.717) is 11.1 Å². The van der Waals surface area contributed by atoms with Crippen molar-refractivity contribution in [1.82, 2.24) is 14.5 Å². The van der Waals surface area contributed by atoms with Crippen LogP contribution in [0.1, 0.15) is 50.3 Å². The maximum atomic E-state index is 6.20. The van der Waals surface area contributed by atoms with Crippen LogP contribution in [0.15, 0.2) is 36.8 Å². The highest BCUT2D eigenvalue weighted by Gasteiger charge is 2.24. The molecule has 4 nitrogen and oxygen atoms in total. The molecule has 2 heterocycles. The minimum atomic E-state index is 0.260. The number of hydrogen-bond acceptors (Lipinski definition) is 3. The molecule has 1 aliphatic carbocycles. The van der Waals surface area contributed by atoms with E-state index in [4.69, 9.17) is 16.3 Å². The summed E-state index contributed by atoms with van der Waals surface area (Å²) in [5, 5.41) is 0.699. The largest absolute Gasteiger partial charge is 0.489 e. The molecule has 0 spiro atoms. The number of rotatable bonds is 5. The van der Waals surface area contributed by atoms with E-state index < -0.39 is 0 Å². The zero-order valence-corrected chi connectivity index (χ0v) is 15.4. The quantitative estimate of drug-likeness (QED) is 0.775. The van der Waals surface area contributed by atoms with Gasteiger partial charge in [0.05, 0.1) is 17.0 Å². The Labute approximate surface area is 154 Å². The van der Waals surface area contributed by atoms with E-state index >= 15 is 0 Å². The van der Waals surface area contributed by atoms with Crippen LogP contribution in [0.4, 0.5) is 0 Å². The summed E-state index contributed by atoms with van der Waals surface area (Å²) in [5.41, 5.74) is 1.36. The molecule has 1 aliphatic heterocycles. The fourth-order valence-corrected chi connectivity index (χ4v) is 4.28. The molecule has 25 heavy (non-hydrogen) atoms. The molecule has 0 atom stereocenters. The lowest BCUT2D eigenvalue weighted by Gasteiger charge is -2.32. The molecule has 5 heteroatoms. The first-order valence-electron chi connectivity index (χ1n) is 9.44. The number of aromatic nitrogens is 2. The first kappa shape index (κ1) is 16.9. The molecular weight excluding hydrogens is 334 g/mol. The van der Waals surface area contributed by atoms with Gasteiger partial charge in [0.15, 0.2) is 0 Å². The zero-order valence-electron chi connectivity index (χ0n) is 14.6. The molecule has 0 amide bonds. The second kappa shape index (κ2) is 7.79. The first-order chi connectivity index (χ1) is 12.3. The second-order valence-corrected chi connectivity index (χ2v) is 7.66. The Balaban J connectivity index is 1.31. The van der Waals surface area contributed by atoms with Crippen molar-refractivity contribution in [2.24, 2.45) is 0 Å². The van der Waals surface area contributed by atoms with E-state index in [0.717, 1.165) is 38.2 Å². The van der Waals surface area contributed by atoms with E-state index in [1.54, 1.807) is 0 Å². The van der Waals surface area contributed by atoms with Crippen molar-refractivity contribution in [3.63, 3.8) is 0 Å². The van der Waals surface area contributed by atoms with Gasteiger partial charge < -0.3 is 9.30 Å². The van der Waals surface area contributed by atoms with Crippen LogP contribution in [0.5, 0.6) is 5.75 Å². The Morgan fingerprint density at radius 1 is 1.08 bits per heavy atom. The number of nitrogens with zero attached hydrogens (tertiary/aromatic N) is 3. The Kier molecular flexibility index (Phi) is 5.28. The van der Waals surface area contributed by atoms with Crippen LogP contribution < -0.4 is 4.74 Å². The Bertz CT molecular complexity index is 688. The van der Waals surface area contributed by atoms with Gasteiger partial charge in [0.2, 0.25) is 0 Å². The molecule has 0 radical (unpaired) electrons. The van der Waals surface area contributed by atoms with Crippen molar-refractivity contribution in [2.45, 2.75) is 57.2 Å². The molecule has 1 saturated heterocycles. The van der Waals surface area contributed by atoms with Crippen LogP contribution in [0.2, 0.25) is 5.02 Å². The Morgan fingerprint density at radius 2 is 1.84 bits per heavy atom. The summed E-state index contributed by atoms with van der Waals surface area (Å²) in [6, 6.07) is 8.41. The van der Waals surface area contributed by atoms with Crippen LogP contribution in [0.3, 0.4) is 0 Å². The summed E-state index contributed by atoms with van der Waals surface area (Å²) in [4.78, 5) is 6.93. The fraction of sp³-hybridized carbons (Fsp3) is 0.550. The third-order valence-electron chi connectivity index (χ3n) is 5.51. The predicted octanol–water partition coefficient (Wildman–Crippen LogP) is 4.70. The first-order valence-corrected chi connectivity index (χ1v) is 9.81. The van der Waals surface area contributed by atoms with E-state index in [9.17, 15) is 0 Å². The van der Waals surface area contributed by atoms with Crippen LogP contribution in [-0.2, 0) is 6.54 Å². The summed E-state index contributed by atoms with van der Waals surface area (Å²) in [7, 11) is 0. The third kappa shape index (κ3) is 4.01. The van der Waals surface area contributed by atoms with Crippen molar-refractivity contribution in [1.29, 1.82) is 0 Å². The van der Waals surface area contributed by atoms with E-state index in [2.05, 4.69) is 14.5 Å². The number of para-hydroxylation sites is 1. The summed E-state index contributed by atoms with van der Waals surface area (Å²) in [6.07, 6.45) is 11.7. The normalized spacial score (nSPS) is 20.2. The average molecular weight is 360 g/mol. The Hall–Kier alpha value is -1.52. The van der Waals surface area contributed by atoms with Crippen LogP contribution in [0.25, 0.3) is 0 Å². The van der Waals surface area contributed by atoms with Crippen LogP contribution in [0, 0.1) is 0 Å². The summed E-state index contributed by atoms with van der Waals surface area (Å²) in [6.45, 7) is 3.12. The smallest absolute Gasteiger partial charge is 0.138 e. The summed E-state index contributed by atoms with van der Waals surface area (Å²) in [5.74, 6) is 0.807. The zero-order chi connectivity index (χ0) is 17.1. The summed E-state index contributed by atoms with van der Waals surface area (Å²) < 4.78 is 8.51. The number of ether oxygens (including phenoxy) is 1. The van der Waals surface area contributed by atoms with Gasteiger partial charge in [0.1, 0.15) is 11.9 Å². The molecular formula is C20H26ClN3O. The van der Waals surface area contributed by atoms with E-state index in [1.165, 1.54) is 31.4 Å². The number of piperidine rings is 1. The number of benzene rings is 1. The van der Waals surface area contributed by atoms with Gasteiger partial charge >= 0.3 is 0 Å². The van der Waals surface area contributed by atoms with Crippen molar-refractivity contribution in [3.8, 4) is 5.75 Å². The van der Waals surface area contributed by atoms with Crippen molar-refractivity contribution in [3.05, 3.63) is 47.5 Å². The molecule has 1 saturated carbocycles. The summed E-state index contributed by atoms with van der Waals surface area (Å²) >= 11 is 6.20. The lowest BCUT2D eigenvalue weighted by atomic mass is 10.1. The highest BCUT2D eigenvalue weighted by atomic mass is 35.5. The van der Waals surface area contributed by atoms with Gasteiger partial charge in [0.25, 0.3) is 0 Å². The average Bonchev–Trinajstić information content (AvgIpc) is 3.30. The van der Waals surface area contributed by atoms with Crippen molar-refractivity contribution < 1.29 is 4.74 Å². The second-order valence-electron chi connectivity index (χ2n) is 7.25. The lowest BCUT2D eigenvalue weighted by molar-refractivity contribution is 0.0953. The maximum absolute atomic E-state index is 6.20. The standard InChI is InChI=1S/C20H26ClN3O/c21-19-7-3-4-8-20(19)25-18-9-11-23(12-10-18)14-17-13-22-15-24(17)16-5-1-2-6-16/h3-4,7-8,13,15-16,18H,1-2,5-6,9-12,14H2. The van der Waals surface area contributed by atoms with Crippen molar-refractivity contribution >= 4 is 11.6 Å². The number of likely N-dealkylation sites (tertiary alicyclic amines) is 1. The monoisotopic (exact) mass is 359 g/mol. The highest BCUT2D eigenvalue weighted by molar-refractivity contribution is 6.32. The lowest BCUT2D eigenvalue weighted by Crippen LogP contribution is -2.38. The highest BCUT2D eigenvalue weighted by Crippen LogP contribution is 2.31. The number of imidazole rings is 1. The molecule has 0 N–H and O–H groups in total. The van der Waals surface area contributed by atoms with Gasteiger partial charge in [0, 0.05) is 31.9 Å². The van der Waals surface area contributed by atoms with Gasteiger partial charge in [-0.25, -0.2) is 4.98 Å². The van der Waals surface area contributed by atoms with Gasteiger partial charge in [-0.3, -0.25) is 4.90 Å². The molecule has 2 aromatic rings. The van der Waals surface area contributed by atoms with Crippen molar-refractivity contribution in [2.75, 3.05) is 13.1 Å². The Morgan fingerprint density at radius 3 is 2.60 bits per heavy atom. The third-order valence-corrected chi connectivity index (χ3v) is 5.83. The SMILES string of the molecule is Clc1ccccc1OC1CCN(Cc2cncn2C2CCCC2)CC1. The molecule has 2 aliphatic rings. The molecule has 0 bridgehead atoms. The van der Waals surface area contributed by atoms with Crippen LogP contribution in [-0.4, -0.2) is 33.6 Å². The number of hydrogen-bond donors (Lipinski definition) is 0. The predicted molar refractivity (Wildman–Crippen MR) is 100 cm³/mol. The van der Waals surface area contributed by atoms with E-state index in [1.807, 2.05) is 36.8 Å². The fourth-order valence-electron chi connectivity index (χ4n) is 4.10. The van der Waals surface area contributed by atoms with Gasteiger partial charge in [-0.2, -0.15) is 0 Å². The van der Waals surface area contributed by atoms with Crippen LogP contribution >= 0.6 is 11.6 Å². The molecule has 2 fully saturated rings. The minimum Gasteiger partial charge on any atom is -0.489 e. The van der Waals surface area contributed by atoms with E-state index in [-0.39, 0.29) is 6.10 Å². The van der Waals surface area contributed by atoms with Gasteiger partial charge in [-0.15, -0.1) is 0 Å². The van der Waals surface area contributed by atoms with Gasteiger partial charge in [-0.05, 0) is 37.8 Å². The van der Waals surface area contributed by atoms with Gasteiger partial charge in [-0.1, -0.05) is 36.6 Å². The molecule has 134 valence electrons. The minimum absolute atomic E-state index is 0.260. The molecule has 1 aromatic carbocycles. The number of halogens is 1. The maximum Gasteiger partial charge on any atom is 0.138 e.